The van der Waals surface area contributed by atoms with E-state index in [1.54, 1.807) is 11.8 Å². The number of aromatic nitrogens is 2. The third-order valence-electron chi connectivity index (χ3n) is 4.16. The number of hydrogen-bond acceptors (Lipinski definition) is 3. The van der Waals surface area contributed by atoms with E-state index in [1.807, 2.05) is 12.1 Å². The van der Waals surface area contributed by atoms with Gasteiger partial charge in [-0.15, -0.1) is 0 Å². The number of halogens is 1. The molecule has 0 saturated heterocycles. The van der Waals surface area contributed by atoms with Crippen molar-refractivity contribution in [1.82, 2.24) is 9.55 Å². The average molecular weight is 501 g/mol. The maximum absolute atomic E-state index is 13.4. The fourth-order valence-corrected chi connectivity index (χ4v) is 9.74. The molecule has 0 aliphatic carbocycles. The van der Waals surface area contributed by atoms with Crippen molar-refractivity contribution in [1.29, 1.82) is 0 Å². The molecular weight excluding hydrogens is 470 g/mol. The van der Waals surface area contributed by atoms with E-state index in [-0.39, 0.29) is 5.82 Å². The summed E-state index contributed by atoms with van der Waals surface area (Å²) >= 11 is -0.852. The summed E-state index contributed by atoms with van der Waals surface area (Å²) in [5.41, 5.74) is 2.00. The van der Waals surface area contributed by atoms with Gasteiger partial charge in [0.05, 0.1) is 0 Å². The summed E-state index contributed by atoms with van der Waals surface area (Å²) in [6.45, 7) is 8.45. The van der Waals surface area contributed by atoms with Crippen LogP contribution in [0, 0.1) is 5.82 Å². The van der Waals surface area contributed by atoms with Gasteiger partial charge in [-0.3, -0.25) is 0 Å². The van der Waals surface area contributed by atoms with Crippen LogP contribution in [0.3, 0.4) is 0 Å². The predicted molar refractivity (Wildman–Crippen MR) is 116 cm³/mol. The van der Waals surface area contributed by atoms with Crippen LogP contribution in [-0.2, 0) is 11.5 Å². The van der Waals surface area contributed by atoms with Crippen LogP contribution in [0.5, 0.6) is 0 Å². The molecule has 0 aliphatic heterocycles. The summed E-state index contributed by atoms with van der Waals surface area (Å²) in [6, 6.07) is 7.85. The van der Waals surface area contributed by atoms with E-state index in [0.29, 0.717) is 6.73 Å². The van der Waals surface area contributed by atoms with Crippen LogP contribution in [-0.4, -0.2) is 48.9 Å². The molecule has 2 rings (SSSR count). The molecule has 26 heavy (non-hydrogen) atoms. The molecule has 3 nitrogen and oxygen atoms in total. The van der Waals surface area contributed by atoms with Crippen molar-refractivity contribution < 1.29 is 9.13 Å². The molecule has 1 aromatic heterocycles. The number of nitrogens with zero attached hydrogens (tertiary/aromatic N) is 2. The molecule has 2 aromatic rings. The molecule has 144 valence electrons. The Morgan fingerprint density at radius 2 is 1.77 bits per heavy atom. The summed E-state index contributed by atoms with van der Waals surface area (Å²) in [6.07, 6.45) is 2.05. The molecule has 1 heterocycles. The van der Waals surface area contributed by atoms with Crippen molar-refractivity contribution in [3.8, 4) is 11.3 Å². The van der Waals surface area contributed by atoms with E-state index < -0.39 is 26.5 Å². The molecule has 0 N–H and O–H groups in total. The Kier molecular flexibility index (Phi) is 7.43. The van der Waals surface area contributed by atoms with E-state index in [9.17, 15) is 4.39 Å². The van der Waals surface area contributed by atoms with Crippen LogP contribution in [0.15, 0.2) is 29.4 Å². The molecule has 1 aromatic carbocycles. The van der Waals surface area contributed by atoms with Crippen molar-refractivity contribution in [3.05, 3.63) is 30.1 Å². The van der Waals surface area contributed by atoms with Gasteiger partial charge in [-0.05, 0) is 0 Å². The third kappa shape index (κ3) is 5.84. The van der Waals surface area contributed by atoms with E-state index in [2.05, 4.69) is 45.3 Å². The van der Waals surface area contributed by atoms with Crippen LogP contribution in [0.25, 0.3) is 11.3 Å². The summed E-state index contributed by atoms with van der Waals surface area (Å²) < 4.78 is 23.0. The van der Waals surface area contributed by atoms with Crippen LogP contribution >= 0.6 is 11.8 Å². The minimum absolute atomic E-state index is 0.214. The molecule has 0 spiro atoms. The van der Waals surface area contributed by atoms with Gasteiger partial charge >= 0.3 is 167 Å². The number of benzene rings is 1. The molecule has 0 bridgehead atoms. The zero-order valence-corrected chi connectivity index (χ0v) is 21.7. The molecule has 0 atom stereocenters. The first kappa shape index (κ1) is 22.0. The van der Waals surface area contributed by atoms with Gasteiger partial charge in [0.25, 0.3) is 0 Å². The van der Waals surface area contributed by atoms with Gasteiger partial charge in [0.15, 0.2) is 0 Å². The molecule has 0 unspecified atom stereocenters. The molecule has 7 heteroatoms. The maximum atomic E-state index is 13.4. The van der Waals surface area contributed by atoms with E-state index in [1.165, 1.54) is 15.8 Å². The van der Waals surface area contributed by atoms with Gasteiger partial charge < -0.3 is 0 Å². The number of ether oxygens (including phenoxy) is 1. The van der Waals surface area contributed by atoms with Crippen LogP contribution in [0.4, 0.5) is 4.39 Å². The Labute approximate surface area is 166 Å². The molecule has 0 amide bonds. The van der Waals surface area contributed by atoms with Crippen LogP contribution in [0.1, 0.15) is 0 Å². The molecule has 0 fully saturated rings. The van der Waals surface area contributed by atoms with Gasteiger partial charge in [-0.25, -0.2) is 0 Å². The first-order chi connectivity index (χ1) is 12.0. The molecular formula is C19H31FN2OSSiSn. The van der Waals surface area contributed by atoms with Crippen molar-refractivity contribution in [2.24, 2.45) is 0 Å². The zero-order valence-electron chi connectivity index (χ0n) is 17.0. The van der Waals surface area contributed by atoms with Crippen LogP contribution < -0.4 is 3.71 Å². The standard InChI is InChI=1S/C16H22FN2OSSi.3CH3.Sn/c1-21-16-18-15(13-5-7-14(17)8-6-13)11-19(16)12-20-9-10-22(2,3)4;;;;/h5-8H,9-10,12H2,1-4H3;3*1H3;. The fourth-order valence-electron chi connectivity index (χ4n) is 2.81. The number of imidazole rings is 1. The van der Waals surface area contributed by atoms with Crippen LogP contribution in [0.2, 0.25) is 40.5 Å². The Hall–Kier alpha value is -0.314. The second kappa shape index (κ2) is 8.79. The average Bonchev–Trinajstić information content (AvgIpc) is 2.90. The third-order valence-corrected chi connectivity index (χ3v) is 12.0. The number of hydrogen-bond donors (Lipinski definition) is 0. The normalized spacial score (nSPS) is 12.6. The SMILES string of the molecule is CSc1nc(-c2ccc(F)cc2)[c]([Sn]([CH3])([CH3])[CH3])n1COCC[Si](C)(C)C. The van der Waals surface area contributed by atoms with Gasteiger partial charge in [0, 0.05) is 0 Å². The molecule has 0 saturated carbocycles. The van der Waals surface area contributed by atoms with Crippen molar-refractivity contribution >= 4 is 41.9 Å². The number of thioether (sulfide) groups is 1. The van der Waals surface area contributed by atoms with Gasteiger partial charge in [-0.1, -0.05) is 0 Å². The topological polar surface area (TPSA) is 27.1 Å². The Morgan fingerprint density at radius 1 is 1.15 bits per heavy atom. The van der Waals surface area contributed by atoms with Crippen molar-refractivity contribution in [3.63, 3.8) is 0 Å². The van der Waals surface area contributed by atoms with E-state index in [4.69, 9.17) is 9.72 Å². The zero-order chi connectivity index (χ0) is 19.5. The monoisotopic (exact) mass is 502 g/mol. The Morgan fingerprint density at radius 3 is 2.27 bits per heavy atom. The second-order valence-corrected chi connectivity index (χ2v) is 29.4. The second-order valence-electron chi connectivity index (χ2n) is 8.83. The Bertz CT molecular complexity index is 736. The van der Waals surface area contributed by atoms with Crippen molar-refractivity contribution in [2.45, 2.75) is 52.4 Å². The summed E-state index contributed by atoms with van der Waals surface area (Å²) in [5, 5.41) is 0.985. The summed E-state index contributed by atoms with van der Waals surface area (Å²) in [7, 11) is -1.10. The molecule has 0 radical (unpaired) electrons. The summed E-state index contributed by atoms with van der Waals surface area (Å²) in [5.74, 6) is -0.214. The first-order valence-electron chi connectivity index (χ1n) is 9.01. The van der Waals surface area contributed by atoms with E-state index >= 15 is 0 Å². The van der Waals surface area contributed by atoms with Gasteiger partial charge in [0.1, 0.15) is 0 Å². The number of rotatable bonds is 8. The summed E-state index contributed by atoms with van der Waals surface area (Å²) in [4.78, 5) is 12.1. The minimum atomic E-state index is -2.50. The first-order valence-corrected chi connectivity index (χ1v) is 23.9. The molecule has 0 aliphatic rings. The van der Waals surface area contributed by atoms with E-state index in [0.717, 1.165) is 29.1 Å². The fraction of sp³-hybridized carbons (Fsp3) is 0.526. The Balaban J connectivity index is 2.38. The predicted octanol–water partition coefficient (Wildman–Crippen LogP) is 5.27. The van der Waals surface area contributed by atoms with Crippen molar-refractivity contribution in [2.75, 3.05) is 12.9 Å². The van der Waals surface area contributed by atoms with Gasteiger partial charge in [-0.2, -0.15) is 0 Å². The quantitative estimate of drug-likeness (QED) is 0.280. The van der Waals surface area contributed by atoms with Gasteiger partial charge in [0.2, 0.25) is 0 Å².